The smallest absolute Gasteiger partial charge is 0.330 e. The molecule has 0 saturated heterocycles. The third-order valence-corrected chi connectivity index (χ3v) is 6.79. The molecule has 0 heterocycles. The Balaban J connectivity index is 0.00000226. The van der Waals surface area contributed by atoms with Gasteiger partial charge in [0.15, 0.2) is 5.78 Å². The van der Waals surface area contributed by atoms with Crippen molar-refractivity contribution < 1.29 is 23.8 Å². The highest BCUT2D eigenvalue weighted by molar-refractivity contribution is 6.15. The second-order valence-corrected chi connectivity index (χ2v) is 9.81. The van der Waals surface area contributed by atoms with Gasteiger partial charge in [-0.15, -0.1) is 11.6 Å². The molecule has 0 radical (unpaired) electrons. The fourth-order valence-electron chi connectivity index (χ4n) is 4.24. The molecule has 0 saturated carbocycles. The minimum atomic E-state index is -0.509. The van der Waals surface area contributed by atoms with Gasteiger partial charge in [-0.1, -0.05) is 56.3 Å². The molecule has 6 heteroatoms. The van der Waals surface area contributed by atoms with Gasteiger partial charge in [0, 0.05) is 34.6 Å². The number of benzene rings is 4. The Labute approximate surface area is 247 Å². The number of ketones is 1. The molecule has 0 aliphatic carbocycles. The van der Waals surface area contributed by atoms with Gasteiger partial charge in [-0.3, -0.25) is 4.79 Å². The van der Waals surface area contributed by atoms with Gasteiger partial charge < -0.3 is 14.2 Å². The maximum Gasteiger partial charge on any atom is 0.330 e. The summed E-state index contributed by atoms with van der Waals surface area (Å²) in [5, 5.41) is 0. The van der Waals surface area contributed by atoms with Crippen LogP contribution in [0.4, 0.5) is 0 Å². The Morgan fingerprint density at radius 1 is 0.805 bits per heavy atom. The number of hydrogen-bond donors (Lipinski definition) is 0. The largest absolute Gasteiger partial charge is 0.497 e. The normalized spacial score (nSPS) is 10.6. The number of carbonyl (C=O) groups is 2. The predicted octanol–water partition coefficient (Wildman–Crippen LogP) is 8.44. The lowest BCUT2D eigenvalue weighted by molar-refractivity contribution is -0.139. The van der Waals surface area contributed by atoms with Gasteiger partial charge >= 0.3 is 5.97 Å². The molecular formula is C35H35ClO5. The van der Waals surface area contributed by atoms with Gasteiger partial charge in [-0.05, 0) is 78.7 Å². The Morgan fingerprint density at radius 2 is 1.34 bits per heavy atom. The zero-order valence-corrected chi connectivity index (χ0v) is 24.8. The third-order valence-electron chi connectivity index (χ3n) is 6.79. The average molecular weight is 571 g/mol. The Kier molecular flexibility index (Phi) is 10.9. The van der Waals surface area contributed by atoms with E-state index in [4.69, 9.17) is 14.2 Å². The predicted molar refractivity (Wildman–Crippen MR) is 164 cm³/mol. The minimum Gasteiger partial charge on any atom is -0.497 e. The van der Waals surface area contributed by atoms with Crippen molar-refractivity contribution in [1.29, 1.82) is 0 Å². The van der Waals surface area contributed by atoms with Crippen LogP contribution in [0.15, 0.2) is 104 Å². The quantitative estimate of drug-likeness (QED) is 0.0828. The van der Waals surface area contributed by atoms with Crippen LogP contribution in [0.5, 0.6) is 17.2 Å². The average Bonchev–Trinajstić information content (AvgIpc) is 3.01. The van der Waals surface area contributed by atoms with E-state index in [1.165, 1.54) is 17.5 Å². The van der Waals surface area contributed by atoms with E-state index < -0.39 is 5.97 Å². The molecule has 0 fully saturated rings. The maximum absolute atomic E-state index is 12.9. The molecule has 4 aromatic rings. The summed E-state index contributed by atoms with van der Waals surface area (Å²) >= 11 is 4.64. The maximum atomic E-state index is 12.9. The number of carbonyl (C=O) groups excluding carboxylic acids is 2. The molecule has 0 bridgehead atoms. The summed E-state index contributed by atoms with van der Waals surface area (Å²) in [6.07, 6.45) is 2.61. The second-order valence-electron chi connectivity index (χ2n) is 9.81. The molecule has 0 aliphatic heterocycles. The number of halogens is 1. The van der Waals surface area contributed by atoms with E-state index in [0.717, 1.165) is 17.2 Å². The van der Waals surface area contributed by atoms with Crippen molar-refractivity contribution in [3.63, 3.8) is 0 Å². The van der Waals surface area contributed by atoms with Gasteiger partial charge in [0.05, 0.1) is 7.11 Å². The first-order valence-electron chi connectivity index (χ1n) is 13.1. The number of alkyl halides is 1. The molecular weight excluding hydrogens is 536 g/mol. The molecule has 0 aliphatic rings. The number of ether oxygens (including phenoxy) is 3. The highest BCUT2D eigenvalue weighted by atomic mass is 35.5. The van der Waals surface area contributed by atoms with Crippen LogP contribution in [0.2, 0.25) is 0 Å². The van der Waals surface area contributed by atoms with Crippen molar-refractivity contribution in [1.82, 2.24) is 0 Å². The SMILES string of the molecule is C=CC(=O)OCc1cc(C(C)(C)c2ccc(C)cc2)ccc1Oc1ccc(C(=O)c2ccc(OC)cc2)cc1.CCl. The van der Waals surface area contributed by atoms with Crippen LogP contribution in [0.1, 0.15) is 52.0 Å². The lowest BCUT2D eigenvalue weighted by Gasteiger charge is -2.27. The summed E-state index contributed by atoms with van der Waals surface area (Å²) in [6.45, 7) is 9.90. The summed E-state index contributed by atoms with van der Waals surface area (Å²) in [6, 6.07) is 28.3. The fraction of sp³-hybridized carbons (Fsp3) is 0.200. The van der Waals surface area contributed by atoms with Crippen LogP contribution in [-0.4, -0.2) is 25.2 Å². The Bertz CT molecular complexity index is 1470. The zero-order chi connectivity index (χ0) is 30.0. The van der Waals surface area contributed by atoms with E-state index in [0.29, 0.717) is 28.4 Å². The van der Waals surface area contributed by atoms with E-state index in [-0.39, 0.29) is 17.8 Å². The van der Waals surface area contributed by atoms with Gasteiger partial charge in [0.1, 0.15) is 23.9 Å². The first-order valence-corrected chi connectivity index (χ1v) is 13.8. The number of hydrogen-bond acceptors (Lipinski definition) is 5. The van der Waals surface area contributed by atoms with Crippen LogP contribution < -0.4 is 9.47 Å². The van der Waals surface area contributed by atoms with Crippen molar-refractivity contribution in [2.45, 2.75) is 32.8 Å². The summed E-state index contributed by atoms with van der Waals surface area (Å²) in [5.74, 6) is 1.21. The molecule has 4 rings (SSSR count). The highest BCUT2D eigenvalue weighted by Crippen LogP contribution is 2.36. The van der Waals surface area contributed by atoms with Crippen LogP contribution in [-0.2, 0) is 21.6 Å². The molecule has 0 amide bonds. The Hall–Kier alpha value is -4.35. The number of esters is 1. The van der Waals surface area contributed by atoms with E-state index >= 15 is 0 Å². The van der Waals surface area contributed by atoms with Gasteiger partial charge in [0.25, 0.3) is 0 Å². The second kappa shape index (κ2) is 14.3. The van der Waals surface area contributed by atoms with Crippen LogP contribution in [0, 0.1) is 6.92 Å². The summed E-state index contributed by atoms with van der Waals surface area (Å²) < 4.78 is 16.7. The van der Waals surface area contributed by atoms with Gasteiger partial charge in [-0.2, -0.15) is 0 Å². The van der Waals surface area contributed by atoms with Crippen LogP contribution >= 0.6 is 11.6 Å². The number of methoxy groups -OCH3 is 1. The van der Waals surface area contributed by atoms with Gasteiger partial charge in [0.2, 0.25) is 0 Å². The molecule has 0 spiro atoms. The highest BCUT2D eigenvalue weighted by Gasteiger charge is 2.24. The van der Waals surface area contributed by atoms with E-state index in [9.17, 15) is 9.59 Å². The van der Waals surface area contributed by atoms with E-state index in [1.807, 2.05) is 18.2 Å². The molecule has 0 atom stereocenters. The molecule has 5 nitrogen and oxygen atoms in total. The van der Waals surface area contributed by atoms with Crippen molar-refractivity contribution in [2.75, 3.05) is 13.5 Å². The first kappa shape index (κ1) is 31.2. The topological polar surface area (TPSA) is 61.8 Å². The van der Waals surface area contributed by atoms with E-state index in [2.05, 4.69) is 63.2 Å². The fourth-order valence-corrected chi connectivity index (χ4v) is 4.24. The molecule has 0 N–H and O–H groups in total. The van der Waals surface area contributed by atoms with Gasteiger partial charge in [-0.25, -0.2) is 4.79 Å². The summed E-state index contributed by atoms with van der Waals surface area (Å²) in [5.41, 5.74) is 4.99. The summed E-state index contributed by atoms with van der Waals surface area (Å²) in [7, 11) is 1.59. The number of rotatable bonds is 10. The summed E-state index contributed by atoms with van der Waals surface area (Å²) in [4.78, 5) is 24.7. The molecule has 0 unspecified atom stereocenters. The molecule has 41 heavy (non-hydrogen) atoms. The molecule has 212 valence electrons. The minimum absolute atomic E-state index is 0.0338. The molecule has 0 aromatic heterocycles. The van der Waals surface area contributed by atoms with Crippen LogP contribution in [0.3, 0.4) is 0 Å². The number of aryl methyl sites for hydroxylation is 1. The standard InChI is InChI=1S/C34H32O5.CH3Cl/c1-6-32(35)38-22-26-21-28(34(3,4)27-13-7-23(2)8-14-27)15-20-31(26)39-30-18-11-25(12-19-30)33(36)24-9-16-29(37-5)17-10-24;1-2/h6-21H,1,22H2,2-5H3;1H3. The monoisotopic (exact) mass is 570 g/mol. The zero-order valence-electron chi connectivity index (χ0n) is 24.1. The lowest BCUT2D eigenvalue weighted by atomic mass is 9.77. The Morgan fingerprint density at radius 3 is 1.88 bits per heavy atom. The van der Waals surface area contributed by atoms with Crippen molar-refractivity contribution in [3.05, 3.63) is 137 Å². The third kappa shape index (κ3) is 7.86. The van der Waals surface area contributed by atoms with Crippen LogP contribution in [0.25, 0.3) is 0 Å². The lowest BCUT2D eigenvalue weighted by Crippen LogP contribution is -2.19. The van der Waals surface area contributed by atoms with Crippen molar-refractivity contribution in [3.8, 4) is 17.2 Å². The molecule has 4 aromatic carbocycles. The van der Waals surface area contributed by atoms with Crippen molar-refractivity contribution in [2.24, 2.45) is 0 Å². The van der Waals surface area contributed by atoms with E-state index in [1.54, 1.807) is 55.6 Å². The van der Waals surface area contributed by atoms with Crippen molar-refractivity contribution >= 4 is 23.4 Å². The first-order chi connectivity index (χ1) is 19.7.